The number of nitrogens with one attached hydrogen (secondary N) is 1. The molecule has 140 valence electrons. The zero-order chi connectivity index (χ0) is 19.4. The number of thioether (sulfide) groups is 1. The lowest BCUT2D eigenvalue weighted by molar-refractivity contribution is -0.125. The van der Waals surface area contributed by atoms with Gasteiger partial charge in [0.15, 0.2) is 0 Å². The molecular weight excluding hydrogens is 384 g/mol. The van der Waals surface area contributed by atoms with Gasteiger partial charge in [0.1, 0.15) is 6.04 Å². The number of carbonyl (C=O) groups excluding carboxylic acids is 3. The molecule has 0 bridgehead atoms. The Labute approximate surface area is 167 Å². The largest absolute Gasteiger partial charge is 0.350 e. The Morgan fingerprint density at radius 2 is 1.67 bits per heavy atom. The van der Waals surface area contributed by atoms with E-state index in [0.717, 1.165) is 10.5 Å². The van der Waals surface area contributed by atoms with Crippen LogP contribution in [0.4, 0.5) is 0 Å². The fourth-order valence-electron chi connectivity index (χ4n) is 3.01. The lowest BCUT2D eigenvalue weighted by Gasteiger charge is -2.25. The molecule has 1 aliphatic rings. The Bertz CT molecular complexity index is 835. The van der Waals surface area contributed by atoms with Crippen LogP contribution in [0.2, 0.25) is 5.02 Å². The van der Waals surface area contributed by atoms with Gasteiger partial charge in [0.25, 0.3) is 11.8 Å². The molecule has 1 heterocycles. The van der Waals surface area contributed by atoms with Crippen LogP contribution in [-0.4, -0.2) is 40.7 Å². The van der Waals surface area contributed by atoms with Crippen LogP contribution in [0.15, 0.2) is 48.5 Å². The minimum atomic E-state index is -0.836. The summed E-state index contributed by atoms with van der Waals surface area (Å²) in [6, 6.07) is 13.0. The van der Waals surface area contributed by atoms with Crippen LogP contribution >= 0.6 is 23.4 Å². The van der Waals surface area contributed by atoms with Gasteiger partial charge in [-0.05, 0) is 48.3 Å². The summed E-state index contributed by atoms with van der Waals surface area (Å²) in [6.45, 7) is 0.301. The maximum absolute atomic E-state index is 12.8. The zero-order valence-corrected chi connectivity index (χ0v) is 16.3. The predicted octanol–water partition coefficient (Wildman–Crippen LogP) is 3.37. The second kappa shape index (κ2) is 8.59. The van der Waals surface area contributed by atoms with E-state index in [1.54, 1.807) is 48.2 Å². The maximum atomic E-state index is 12.8. The van der Waals surface area contributed by atoms with Crippen molar-refractivity contribution in [3.63, 3.8) is 0 Å². The number of benzene rings is 2. The van der Waals surface area contributed by atoms with Gasteiger partial charge in [0.05, 0.1) is 11.1 Å². The standard InChI is InChI=1S/C20H19ClN2O3S/c1-27-11-10-17(18(24)22-12-13-6-8-14(21)9-7-13)23-19(25)15-4-2-3-5-16(15)20(23)26/h2-9,17H,10-12H2,1H3,(H,22,24)/t17-/m0/s1. The first-order valence-electron chi connectivity index (χ1n) is 8.51. The molecule has 2 aromatic rings. The maximum Gasteiger partial charge on any atom is 0.262 e. The number of rotatable bonds is 7. The summed E-state index contributed by atoms with van der Waals surface area (Å²) in [4.78, 5) is 39.4. The average molecular weight is 403 g/mol. The highest BCUT2D eigenvalue weighted by Crippen LogP contribution is 2.26. The van der Waals surface area contributed by atoms with Crippen molar-refractivity contribution in [3.8, 4) is 0 Å². The highest BCUT2D eigenvalue weighted by Gasteiger charge is 2.42. The topological polar surface area (TPSA) is 66.5 Å². The fraction of sp³-hybridized carbons (Fsp3) is 0.250. The molecule has 3 rings (SSSR count). The van der Waals surface area contributed by atoms with Gasteiger partial charge in [-0.15, -0.1) is 0 Å². The first-order valence-corrected chi connectivity index (χ1v) is 10.3. The van der Waals surface area contributed by atoms with Crippen molar-refractivity contribution in [1.29, 1.82) is 0 Å². The van der Waals surface area contributed by atoms with E-state index in [2.05, 4.69) is 5.32 Å². The third-order valence-electron chi connectivity index (χ3n) is 4.42. The van der Waals surface area contributed by atoms with Crippen molar-refractivity contribution < 1.29 is 14.4 Å². The molecule has 0 aromatic heterocycles. The molecule has 5 nitrogen and oxygen atoms in total. The van der Waals surface area contributed by atoms with Crippen molar-refractivity contribution in [2.45, 2.75) is 19.0 Å². The lowest BCUT2D eigenvalue weighted by Crippen LogP contribution is -2.49. The molecule has 0 saturated carbocycles. The van der Waals surface area contributed by atoms with Crippen molar-refractivity contribution in [3.05, 3.63) is 70.2 Å². The van der Waals surface area contributed by atoms with Gasteiger partial charge in [0, 0.05) is 11.6 Å². The van der Waals surface area contributed by atoms with Crippen molar-refractivity contribution >= 4 is 41.1 Å². The van der Waals surface area contributed by atoms with E-state index in [1.165, 1.54) is 0 Å². The van der Waals surface area contributed by atoms with E-state index in [1.807, 2.05) is 18.4 Å². The lowest BCUT2D eigenvalue weighted by atomic mass is 10.1. The second-order valence-corrected chi connectivity index (χ2v) is 7.59. The van der Waals surface area contributed by atoms with Crippen LogP contribution in [-0.2, 0) is 11.3 Å². The quantitative estimate of drug-likeness (QED) is 0.721. The molecule has 0 saturated heterocycles. The third kappa shape index (κ3) is 4.17. The number of hydrogen-bond acceptors (Lipinski definition) is 4. The molecule has 0 radical (unpaired) electrons. The summed E-state index contributed by atoms with van der Waals surface area (Å²) in [6.07, 6.45) is 2.32. The molecule has 2 aromatic carbocycles. The highest BCUT2D eigenvalue weighted by atomic mass is 35.5. The van der Waals surface area contributed by atoms with E-state index in [9.17, 15) is 14.4 Å². The van der Waals surface area contributed by atoms with E-state index in [4.69, 9.17) is 11.6 Å². The van der Waals surface area contributed by atoms with E-state index >= 15 is 0 Å². The molecule has 3 amide bonds. The summed E-state index contributed by atoms with van der Waals surface area (Å²) >= 11 is 7.44. The van der Waals surface area contributed by atoms with Crippen molar-refractivity contribution in [2.24, 2.45) is 0 Å². The van der Waals surface area contributed by atoms with Gasteiger partial charge >= 0.3 is 0 Å². The van der Waals surface area contributed by atoms with Gasteiger partial charge < -0.3 is 5.32 Å². The van der Waals surface area contributed by atoms with Gasteiger partial charge in [-0.25, -0.2) is 0 Å². The average Bonchev–Trinajstić information content (AvgIpc) is 2.93. The van der Waals surface area contributed by atoms with Gasteiger partial charge in [-0.3, -0.25) is 19.3 Å². The summed E-state index contributed by atoms with van der Waals surface area (Å²) in [5.74, 6) is -0.507. The molecule has 1 N–H and O–H groups in total. The van der Waals surface area contributed by atoms with Crippen LogP contribution in [0.5, 0.6) is 0 Å². The number of amides is 3. The predicted molar refractivity (Wildman–Crippen MR) is 107 cm³/mol. The van der Waals surface area contributed by atoms with Crippen LogP contribution in [0.25, 0.3) is 0 Å². The van der Waals surface area contributed by atoms with Gasteiger partial charge in [-0.2, -0.15) is 11.8 Å². The molecule has 1 atom stereocenters. The SMILES string of the molecule is CSCC[C@@H](C(=O)NCc1ccc(Cl)cc1)N1C(=O)c2ccccc2C1=O. The number of halogens is 1. The van der Waals surface area contributed by atoms with Gasteiger partial charge in [0.2, 0.25) is 5.91 Å². The number of nitrogens with zero attached hydrogens (tertiary/aromatic N) is 1. The van der Waals surface area contributed by atoms with Gasteiger partial charge in [-0.1, -0.05) is 35.9 Å². The molecule has 0 spiro atoms. The summed E-state index contributed by atoms with van der Waals surface area (Å²) in [5, 5.41) is 3.45. The third-order valence-corrected chi connectivity index (χ3v) is 5.31. The monoisotopic (exact) mass is 402 g/mol. The summed E-state index contributed by atoms with van der Waals surface area (Å²) in [5.41, 5.74) is 1.59. The number of hydrogen-bond donors (Lipinski definition) is 1. The smallest absolute Gasteiger partial charge is 0.262 e. The molecule has 1 aliphatic heterocycles. The molecule has 27 heavy (non-hydrogen) atoms. The van der Waals surface area contributed by atoms with Crippen molar-refractivity contribution in [1.82, 2.24) is 10.2 Å². The van der Waals surface area contributed by atoms with E-state index < -0.39 is 17.9 Å². The number of fused-ring (bicyclic) bond motifs is 1. The first kappa shape index (κ1) is 19.5. The Morgan fingerprint density at radius 3 is 2.22 bits per heavy atom. The van der Waals surface area contributed by atoms with Crippen molar-refractivity contribution in [2.75, 3.05) is 12.0 Å². The summed E-state index contributed by atoms with van der Waals surface area (Å²) in [7, 11) is 0. The fourth-order valence-corrected chi connectivity index (χ4v) is 3.59. The Hall–Kier alpha value is -2.31. The molecule has 7 heteroatoms. The Balaban J connectivity index is 1.77. The minimum Gasteiger partial charge on any atom is -0.350 e. The first-order chi connectivity index (χ1) is 13.0. The zero-order valence-electron chi connectivity index (χ0n) is 14.8. The van der Waals surface area contributed by atoms with E-state index in [0.29, 0.717) is 34.9 Å². The molecular formula is C20H19ClN2O3S. The highest BCUT2D eigenvalue weighted by molar-refractivity contribution is 7.98. The second-order valence-electron chi connectivity index (χ2n) is 6.17. The van der Waals surface area contributed by atoms with Crippen LogP contribution in [0.1, 0.15) is 32.7 Å². The van der Waals surface area contributed by atoms with Crippen LogP contribution < -0.4 is 5.32 Å². The normalized spacial score (nSPS) is 14.2. The van der Waals surface area contributed by atoms with Crippen LogP contribution in [0.3, 0.4) is 0 Å². The summed E-state index contributed by atoms with van der Waals surface area (Å²) < 4.78 is 0. The number of carbonyl (C=O) groups is 3. The molecule has 0 unspecified atom stereocenters. The Morgan fingerprint density at radius 1 is 1.07 bits per heavy atom. The van der Waals surface area contributed by atoms with Crippen LogP contribution in [0, 0.1) is 0 Å². The number of imide groups is 1. The van der Waals surface area contributed by atoms with E-state index in [-0.39, 0.29) is 5.91 Å². The Kier molecular flexibility index (Phi) is 6.19. The molecule has 0 fully saturated rings. The minimum absolute atomic E-state index is 0.301. The molecule has 0 aliphatic carbocycles.